The lowest BCUT2D eigenvalue weighted by atomic mass is 10.2. The third-order valence-corrected chi connectivity index (χ3v) is 5.83. The van der Waals surface area contributed by atoms with Crippen molar-refractivity contribution in [1.29, 1.82) is 0 Å². The Morgan fingerprint density at radius 1 is 1.37 bits per heavy atom. The van der Waals surface area contributed by atoms with Crippen LogP contribution in [0, 0.1) is 5.82 Å². The van der Waals surface area contributed by atoms with Gasteiger partial charge in [-0.2, -0.15) is 0 Å². The molecule has 1 atom stereocenters. The number of hydrogen-bond donors (Lipinski definition) is 1. The van der Waals surface area contributed by atoms with Gasteiger partial charge in [-0.3, -0.25) is 9.36 Å². The number of amides is 1. The first-order valence-corrected chi connectivity index (χ1v) is 10.2. The van der Waals surface area contributed by atoms with E-state index in [1.54, 1.807) is 29.5 Å². The smallest absolute Gasteiger partial charge is 0.230 e. The number of hydrogen-bond acceptors (Lipinski definition) is 5. The van der Waals surface area contributed by atoms with Crippen molar-refractivity contribution < 1.29 is 9.18 Å². The lowest BCUT2D eigenvalue weighted by Crippen LogP contribution is -2.27. The second kappa shape index (κ2) is 8.96. The van der Waals surface area contributed by atoms with Crippen molar-refractivity contribution in [3.63, 3.8) is 0 Å². The van der Waals surface area contributed by atoms with Crippen LogP contribution in [-0.4, -0.2) is 26.4 Å². The van der Waals surface area contributed by atoms with Crippen molar-refractivity contribution in [3.05, 3.63) is 65.1 Å². The van der Waals surface area contributed by atoms with Gasteiger partial charge in [0.2, 0.25) is 5.91 Å². The molecule has 3 rings (SSSR count). The second-order valence-electron chi connectivity index (χ2n) is 5.81. The number of nitrogens with one attached hydrogen (secondary N) is 1. The molecule has 0 unspecified atom stereocenters. The third-order valence-electron chi connectivity index (χ3n) is 3.81. The lowest BCUT2D eigenvalue weighted by molar-refractivity contribution is -0.119. The van der Waals surface area contributed by atoms with Crippen molar-refractivity contribution >= 4 is 29.0 Å². The minimum atomic E-state index is -0.306. The maximum Gasteiger partial charge on any atom is 0.230 e. The van der Waals surface area contributed by atoms with E-state index in [9.17, 15) is 9.18 Å². The average molecular weight is 403 g/mol. The minimum absolute atomic E-state index is 0.0288. The largest absolute Gasteiger partial charge is 0.348 e. The first-order valence-electron chi connectivity index (χ1n) is 8.34. The highest BCUT2D eigenvalue weighted by Crippen LogP contribution is 2.25. The van der Waals surface area contributed by atoms with Crippen LogP contribution in [0.3, 0.4) is 0 Å². The zero-order valence-electron chi connectivity index (χ0n) is 14.8. The van der Waals surface area contributed by atoms with Crippen LogP contribution in [0.15, 0.2) is 59.6 Å². The number of halogens is 1. The van der Waals surface area contributed by atoms with Crippen molar-refractivity contribution in [3.8, 4) is 11.4 Å². The van der Waals surface area contributed by atoms with Gasteiger partial charge in [0.15, 0.2) is 11.0 Å². The molecule has 0 bridgehead atoms. The summed E-state index contributed by atoms with van der Waals surface area (Å²) in [6.07, 6.45) is 1.74. The fourth-order valence-corrected chi connectivity index (χ4v) is 4.02. The number of carbonyl (C=O) groups is 1. The summed E-state index contributed by atoms with van der Waals surface area (Å²) in [5, 5.41) is 14.0. The molecule has 3 aromatic rings. The molecule has 1 aromatic carbocycles. The maximum absolute atomic E-state index is 13.2. The average Bonchev–Trinajstić information content (AvgIpc) is 3.31. The van der Waals surface area contributed by atoms with Crippen LogP contribution < -0.4 is 5.32 Å². The zero-order chi connectivity index (χ0) is 19.2. The van der Waals surface area contributed by atoms with E-state index < -0.39 is 0 Å². The van der Waals surface area contributed by atoms with E-state index in [0.29, 0.717) is 17.5 Å². The van der Waals surface area contributed by atoms with Crippen molar-refractivity contribution in [2.45, 2.75) is 24.7 Å². The molecule has 0 saturated heterocycles. The molecule has 0 aliphatic rings. The van der Waals surface area contributed by atoms with Crippen LogP contribution in [-0.2, 0) is 11.3 Å². The molecular weight excluding hydrogens is 383 g/mol. The molecule has 8 heteroatoms. The predicted octanol–water partition coefficient (Wildman–Crippen LogP) is 4.30. The number of allylic oxidation sites excluding steroid dienone is 1. The molecule has 1 N–H and O–H groups in total. The Balaban J connectivity index is 1.68. The van der Waals surface area contributed by atoms with Gasteiger partial charge < -0.3 is 5.32 Å². The van der Waals surface area contributed by atoms with E-state index in [-0.39, 0.29) is 23.5 Å². The van der Waals surface area contributed by atoms with Gasteiger partial charge in [-0.05, 0) is 42.6 Å². The van der Waals surface area contributed by atoms with E-state index in [2.05, 4.69) is 22.1 Å². The summed E-state index contributed by atoms with van der Waals surface area (Å²) in [5.74, 6) is 0.468. The van der Waals surface area contributed by atoms with E-state index in [0.717, 1.165) is 10.4 Å². The quantitative estimate of drug-likeness (QED) is 0.451. The molecule has 0 radical (unpaired) electrons. The summed E-state index contributed by atoms with van der Waals surface area (Å²) in [6.45, 7) is 6.22. The Morgan fingerprint density at radius 3 is 2.81 bits per heavy atom. The standard InChI is InChI=1S/C19H19FN4OS2/c1-3-10-24-18(14-6-8-15(20)9-7-14)22-23-19(24)27-12-17(25)21-13(2)16-5-4-11-26-16/h3-9,11,13H,1,10,12H2,2H3,(H,21,25)/t13-/m1/s1. The van der Waals surface area contributed by atoms with E-state index in [1.807, 2.05) is 29.0 Å². The molecule has 0 spiro atoms. The number of nitrogens with zero attached hydrogens (tertiary/aromatic N) is 3. The van der Waals surface area contributed by atoms with E-state index in [4.69, 9.17) is 0 Å². The highest BCUT2D eigenvalue weighted by atomic mass is 32.2. The Bertz CT molecular complexity index is 906. The first kappa shape index (κ1) is 19.3. The number of thiophene rings is 1. The van der Waals surface area contributed by atoms with Gasteiger partial charge in [0.25, 0.3) is 0 Å². The fraction of sp³-hybridized carbons (Fsp3) is 0.211. The van der Waals surface area contributed by atoms with Crippen molar-refractivity contribution in [2.75, 3.05) is 5.75 Å². The lowest BCUT2D eigenvalue weighted by Gasteiger charge is -2.12. The first-order chi connectivity index (χ1) is 13.1. The van der Waals surface area contributed by atoms with Gasteiger partial charge in [0.1, 0.15) is 5.82 Å². The van der Waals surface area contributed by atoms with E-state index >= 15 is 0 Å². The minimum Gasteiger partial charge on any atom is -0.348 e. The number of benzene rings is 1. The van der Waals surface area contributed by atoms with Gasteiger partial charge in [0, 0.05) is 17.0 Å². The van der Waals surface area contributed by atoms with Crippen LogP contribution in [0.1, 0.15) is 17.8 Å². The molecule has 0 fully saturated rings. The van der Waals surface area contributed by atoms with Gasteiger partial charge >= 0.3 is 0 Å². The zero-order valence-corrected chi connectivity index (χ0v) is 16.4. The monoisotopic (exact) mass is 402 g/mol. The summed E-state index contributed by atoms with van der Waals surface area (Å²) in [4.78, 5) is 13.4. The van der Waals surface area contributed by atoms with Crippen LogP contribution in [0.5, 0.6) is 0 Å². The van der Waals surface area contributed by atoms with Gasteiger partial charge in [-0.1, -0.05) is 23.9 Å². The molecule has 27 heavy (non-hydrogen) atoms. The third kappa shape index (κ3) is 4.84. The van der Waals surface area contributed by atoms with Crippen LogP contribution in [0.4, 0.5) is 4.39 Å². The molecule has 0 aliphatic heterocycles. The van der Waals surface area contributed by atoms with Gasteiger partial charge in [-0.15, -0.1) is 28.1 Å². The molecular formula is C19H19FN4OS2. The predicted molar refractivity (Wildman–Crippen MR) is 107 cm³/mol. The van der Waals surface area contributed by atoms with Crippen LogP contribution in [0.25, 0.3) is 11.4 Å². The molecule has 140 valence electrons. The topological polar surface area (TPSA) is 59.8 Å². The summed E-state index contributed by atoms with van der Waals surface area (Å²) >= 11 is 2.92. The summed E-state index contributed by atoms with van der Waals surface area (Å²) in [6, 6.07) is 10.0. The van der Waals surface area contributed by atoms with Crippen LogP contribution in [0.2, 0.25) is 0 Å². The normalized spacial score (nSPS) is 11.9. The molecule has 2 heterocycles. The number of rotatable bonds is 8. The van der Waals surface area contributed by atoms with Crippen molar-refractivity contribution in [1.82, 2.24) is 20.1 Å². The van der Waals surface area contributed by atoms with E-state index in [1.165, 1.54) is 23.9 Å². The molecule has 5 nitrogen and oxygen atoms in total. The van der Waals surface area contributed by atoms with Crippen LogP contribution >= 0.6 is 23.1 Å². The maximum atomic E-state index is 13.2. The highest BCUT2D eigenvalue weighted by molar-refractivity contribution is 7.99. The molecule has 0 saturated carbocycles. The number of thioether (sulfide) groups is 1. The Labute approximate surface area is 165 Å². The summed E-state index contributed by atoms with van der Waals surface area (Å²) in [7, 11) is 0. The Morgan fingerprint density at radius 2 is 2.15 bits per heavy atom. The Kier molecular flexibility index (Phi) is 6.41. The van der Waals surface area contributed by atoms with Gasteiger partial charge in [-0.25, -0.2) is 4.39 Å². The summed E-state index contributed by atoms with van der Waals surface area (Å²) < 4.78 is 15.0. The summed E-state index contributed by atoms with van der Waals surface area (Å²) in [5.41, 5.74) is 0.758. The fourth-order valence-electron chi connectivity index (χ4n) is 2.52. The molecule has 2 aromatic heterocycles. The highest BCUT2D eigenvalue weighted by Gasteiger charge is 2.16. The number of aromatic nitrogens is 3. The molecule has 1 amide bonds. The second-order valence-corrected chi connectivity index (χ2v) is 7.73. The number of carbonyl (C=O) groups excluding carboxylic acids is 1. The molecule has 0 aliphatic carbocycles. The van der Waals surface area contributed by atoms with Crippen molar-refractivity contribution in [2.24, 2.45) is 0 Å². The van der Waals surface area contributed by atoms with Gasteiger partial charge in [0.05, 0.1) is 11.8 Å². The Hall–Kier alpha value is -2.45. The SMILES string of the molecule is C=CCn1c(SCC(=O)N[C@H](C)c2cccs2)nnc1-c1ccc(F)cc1.